The summed E-state index contributed by atoms with van der Waals surface area (Å²) in [6, 6.07) is -0.250. The van der Waals surface area contributed by atoms with E-state index in [1.54, 1.807) is 4.90 Å². The van der Waals surface area contributed by atoms with Crippen LogP contribution in [0.5, 0.6) is 0 Å². The molecule has 0 aliphatic carbocycles. The van der Waals surface area contributed by atoms with Gasteiger partial charge in [0.15, 0.2) is 0 Å². The first-order chi connectivity index (χ1) is 8.60. The van der Waals surface area contributed by atoms with Crippen LogP contribution in [0, 0.1) is 0 Å². The molecule has 1 heterocycles. The summed E-state index contributed by atoms with van der Waals surface area (Å²) < 4.78 is 6.28. The minimum Gasteiger partial charge on any atom is -0.327 e. The van der Waals surface area contributed by atoms with Gasteiger partial charge in [-0.25, -0.2) is 9.59 Å². The molecule has 5 heteroatoms. The molecule has 0 N–H and O–H groups in total. The maximum absolute atomic E-state index is 12.2. The Bertz CT molecular complexity index is 455. The van der Waals surface area contributed by atoms with Gasteiger partial charge in [0.25, 0.3) is 0 Å². The summed E-state index contributed by atoms with van der Waals surface area (Å²) in [5.41, 5.74) is 0.959. The average Bonchev–Trinajstić information content (AvgIpc) is 2.67. The van der Waals surface area contributed by atoms with E-state index >= 15 is 0 Å². The van der Waals surface area contributed by atoms with Gasteiger partial charge in [0.05, 0.1) is 11.3 Å². The normalized spacial score (nSPS) is 10.7. The second kappa shape index (κ2) is 6.42. The molecule has 102 valence electrons. The lowest BCUT2D eigenvalue weighted by atomic mass is 10.1. The van der Waals surface area contributed by atoms with Crippen molar-refractivity contribution in [2.45, 2.75) is 47.0 Å². The van der Waals surface area contributed by atoms with Gasteiger partial charge in [0.2, 0.25) is 0 Å². The number of rotatable bonds is 5. The Morgan fingerprint density at radius 1 is 1.22 bits per heavy atom. The van der Waals surface area contributed by atoms with Gasteiger partial charge in [-0.2, -0.15) is 0 Å². The first kappa shape index (κ1) is 14.5. The van der Waals surface area contributed by atoms with E-state index in [-0.39, 0.29) is 11.7 Å². The zero-order valence-electron chi connectivity index (χ0n) is 11.7. The molecule has 0 radical (unpaired) electrons. The molecule has 1 aromatic rings. The number of carbonyl (C=O) groups excluding carboxylic acids is 1. The van der Waals surface area contributed by atoms with Crippen molar-refractivity contribution < 1.29 is 9.32 Å². The summed E-state index contributed by atoms with van der Waals surface area (Å²) in [4.78, 5) is 25.6. The van der Waals surface area contributed by atoms with Crippen LogP contribution in [0.3, 0.4) is 0 Å². The molecule has 0 saturated heterocycles. The Hall–Kier alpha value is -1.52. The minimum atomic E-state index is -0.388. The molecular weight excluding hydrogens is 232 g/mol. The molecule has 0 aliphatic rings. The standard InChI is InChI=1S/C13H22N2O3/c1-5-9-11-10(6-2)12(16)18-15(11)13(17)14(7-3)8-4/h5-9H2,1-4H3. The molecule has 1 amide bonds. The molecule has 0 atom stereocenters. The third-order valence-electron chi connectivity index (χ3n) is 3.06. The Balaban J connectivity index is 3.23. The van der Waals surface area contributed by atoms with Crippen LogP contribution in [0.4, 0.5) is 4.79 Å². The molecule has 1 aromatic heterocycles. The van der Waals surface area contributed by atoms with Gasteiger partial charge in [-0.05, 0) is 26.7 Å². The summed E-state index contributed by atoms with van der Waals surface area (Å²) in [6.07, 6.45) is 2.15. The van der Waals surface area contributed by atoms with Gasteiger partial charge in [0, 0.05) is 13.1 Å². The number of hydrogen-bond donors (Lipinski definition) is 0. The van der Waals surface area contributed by atoms with Gasteiger partial charge in [-0.15, -0.1) is 4.74 Å². The molecule has 0 fully saturated rings. The summed E-state index contributed by atoms with van der Waals surface area (Å²) in [7, 11) is 0. The third-order valence-corrected chi connectivity index (χ3v) is 3.06. The highest BCUT2D eigenvalue weighted by molar-refractivity contribution is 5.76. The van der Waals surface area contributed by atoms with E-state index in [4.69, 9.17) is 4.52 Å². The van der Waals surface area contributed by atoms with Gasteiger partial charge < -0.3 is 9.42 Å². The predicted molar refractivity (Wildman–Crippen MR) is 70.1 cm³/mol. The molecule has 0 saturated carbocycles. The third kappa shape index (κ3) is 2.66. The number of aromatic nitrogens is 1. The first-order valence-electron chi connectivity index (χ1n) is 6.63. The highest BCUT2D eigenvalue weighted by Crippen LogP contribution is 2.11. The average molecular weight is 254 g/mol. The lowest BCUT2D eigenvalue weighted by Gasteiger charge is -2.18. The van der Waals surface area contributed by atoms with Crippen molar-refractivity contribution in [2.75, 3.05) is 13.1 Å². The lowest BCUT2D eigenvalue weighted by Crippen LogP contribution is -2.35. The molecule has 0 aliphatic heterocycles. The molecule has 1 rings (SSSR count). The van der Waals surface area contributed by atoms with Gasteiger partial charge in [-0.3, -0.25) is 0 Å². The van der Waals surface area contributed by atoms with E-state index < -0.39 is 0 Å². The van der Waals surface area contributed by atoms with Crippen LogP contribution >= 0.6 is 0 Å². The SMILES string of the molecule is CCCc1c(CC)c(=O)on1C(=O)N(CC)CC. The second-order valence-corrected chi connectivity index (χ2v) is 4.16. The van der Waals surface area contributed by atoms with Crippen LogP contribution in [0.15, 0.2) is 9.32 Å². The molecule has 5 nitrogen and oxygen atoms in total. The largest absolute Gasteiger partial charge is 0.361 e. The Morgan fingerprint density at radius 3 is 2.28 bits per heavy atom. The number of carbonyl (C=O) groups is 1. The van der Waals surface area contributed by atoms with E-state index in [1.807, 2.05) is 27.7 Å². The maximum Gasteiger partial charge on any atom is 0.361 e. The molecule has 0 unspecified atom stereocenters. The Morgan fingerprint density at radius 2 is 1.83 bits per heavy atom. The summed E-state index contributed by atoms with van der Waals surface area (Å²) in [6.45, 7) is 8.93. The number of hydrogen-bond acceptors (Lipinski definition) is 3. The predicted octanol–water partition coefficient (Wildman–Crippen LogP) is 2.27. The quantitative estimate of drug-likeness (QED) is 0.810. The molecule has 0 aromatic carbocycles. The Kier molecular flexibility index (Phi) is 5.19. The molecular formula is C13H22N2O3. The van der Waals surface area contributed by atoms with Crippen molar-refractivity contribution in [3.63, 3.8) is 0 Å². The van der Waals surface area contributed by atoms with Crippen molar-refractivity contribution in [1.29, 1.82) is 0 Å². The fourth-order valence-corrected chi connectivity index (χ4v) is 2.05. The van der Waals surface area contributed by atoms with E-state index in [0.717, 1.165) is 12.1 Å². The maximum atomic E-state index is 12.2. The first-order valence-corrected chi connectivity index (χ1v) is 6.63. The van der Waals surface area contributed by atoms with Crippen molar-refractivity contribution >= 4 is 6.03 Å². The monoisotopic (exact) mass is 254 g/mol. The van der Waals surface area contributed by atoms with Crippen LogP contribution in [0.1, 0.15) is 45.4 Å². The molecule has 0 spiro atoms. The second-order valence-electron chi connectivity index (χ2n) is 4.16. The lowest BCUT2D eigenvalue weighted by molar-refractivity contribution is 0.168. The topological polar surface area (TPSA) is 55.5 Å². The zero-order chi connectivity index (χ0) is 13.7. The van der Waals surface area contributed by atoms with Crippen molar-refractivity contribution in [2.24, 2.45) is 0 Å². The smallest absolute Gasteiger partial charge is 0.327 e. The Labute approximate surface area is 107 Å². The fourth-order valence-electron chi connectivity index (χ4n) is 2.05. The summed E-state index contributed by atoms with van der Waals surface area (Å²) in [5.74, 6) is 0. The minimum absolute atomic E-state index is 0.250. The fraction of sp³-hybridized carbons (Fsp3) is 0.692. The van der Waals surface area contributed by atoms with Gasteiger partial charge >= 0.3 is 11.7 Å². The van der Waals surface area contributed by atoms with Crippen molar-refractivity contribution in [3.05, 3.63) is 21.7 Å². The molecule has 18 heavy (non-hydrogen) atoms. The van der Waals surface area contributed by atoms with E-state index in [2.05, 4.69) is 0 Å². The van der Waals surface area contributed by atoms with Crippen molar-refractivity contribution in [1.82, 2.24) is 9.64 Å². The van der Waals surface area contributed by atoms with Gasteiger partial charge in [-0.1, -0.05) is 20.3 Å². The van der Waals surface area contributed by atoms with E-state index in [1.165, 1.54) is 4.74 Å². The zero-order valence-corrected chi connectivity index (χ0v) is 11.7. The van der Waals surface area contributed by atoms with E-state index in [9.17, 15) is 9.59 Å². The highest BCUT2D eigenvalue weighted by Gasteiger charge is 2.22. The van der Waals surface area contributed by atoms with Crippen LogP contribution in [-0.4, -0.2) is 28.8 Å². The van der Waals surface area contributed by atoms with Crippen LogP contribution in [-0.2, 0) is 12.8 Å². The van der Waals surface area contributed by atoms with Crippen LogP contribution in [0.2, 0.25) is 0 Å². The van der Waals surface area contributed by atoms with E-state index in [0.29, 0.717) is 31.5 Å². The highest BCUT2D eigenvalue weighted by atomic mass is 16.5. The number of amides is 1. The van der Waals surface area contributed by atoms with Crippen LogP contribution in [0.25, 0.3) is 0 Å². The summed E-state index contributed by atoms with van der Waals surface area (Å²) >= 11 is 0. The van der Waals surface area contributed by atoms with Crippen molar-refractivity contribution in [3.8, 4) is 0 Å². The van der Waals surface area contributed by atoms with Crippen LogP contribution < -0.4 is 5.63 Å². The van der Waals surface area contributed by atoms with Gasteiger partial charge in [0.1, 0.15) is 0 Å². The summed E-state index contributed by atoms with van der Waals surface area (Å²) in [5, 5.41) is 0. The molecule has 0 bridgehead atoms. The number of nitrogens with zero attached hydrogens (tertiary/aromatic N) is 2.